The Morgan fingerprint density at radius 2 is 2.08 bits per heavy atom. The molecular weight excluding hydrogens is 369 g/mol. The van der Waals surface area contributed by atoms with Gasteiger partial charge in [-0.05, 0) is 36.8 Å². The lowest BCUT2D eigenvalue weighted by molar-refractivity contribution is -0.167. The van der Waals surface area contributed by atoms with Crippen molar-refractivity contribution in [1.82, 2.24) is 15.6 Å². The predicted octanol–water partition coefficient (Wildman–Crippen LogP) is 2.42. The van der Waals surface area contributed by atoms with Crippen LogP contribution in [0.15, 0.2) is 18.3 Å². The molecule has 2 fully saturated rings. The summed E-state index contributed by atoms with van der Waals surface area (Å²) in [7, 11) is 0. The van der Waals surface area contributed by atoms with Crippen molar-refractivity contribution in [3.05, 3.63) is 24.0 Å². The van der Waals surface area contributed by atoms with Crippen molar-refractivity contribution < 1.29 is 22.8 Å². The predicted molar refractivity (Wildman–Crippen MR) is 90.1 cm³/mol. The molecule has 0 saturated carbocycles. The second-order valence-corrected chi connectivity index (χ2v) is 7.62. The minimum absolute atomic E-state index is 0.0546. The second kappa shape index (κ2) is 6.20. The van der Waals surface area contributed by atoms with Gasteiger partial charge in [-0.1, -0.05) is 0 Å². The Labute approximate surface area is 150 Å². The highest BCUT2D eigenvalue weighted by atomic mass is 32.1. The Balaban J connectivity index is 1.48. The molecule has 4 rings (SSSR count). The molecule has 10 heteroatoms. The maximum atomic E-state index is 12.4. The van der Waals surface area contributed by atoms with Crippen LogP contribution < -0.4 is 16.0 Å². The summed E-state index contributed by atoms with van der Waals surface area (Å²) in [5.74, 6) is -2.34. The fraction of sp³-hybridized carbons (Fsp3) is 0.438. The van der Waals surface area contributed by atoms with Gasteiger partial charge in [0.25, 0.3) is 5.91 Å². The largest absolute Gasteiger partial charge is 0.471 e. The van der Waals surface area contributed by atoms with E-state index in [1.54, 1.807) is 0 Å². The Hall–Kier alpha value is -2.20. The lowest BCUT2D eigenvalue weighted by Gasteiger charge is -2.21. The van der Waals surface area contributed by atoms with E-state index in [0.717, 1.165) is 30.6 Å². The number of rotatable bonds is 3. The zero-order valence-corrected chi connectivity index (χ0v) is 14.2. The van der Waals surface area contributed by atoms with Gasteiger partial charge in [-0.2, -0.15) is 13.2 Å². The molecule has 2 saturated heterocycles. The molecule has 3 N–H and O–H groups in total. The van der Waals surface area contributed by atoms with E-state index >= 15 is 0 Å². The van der Waals surface area contributed by atoms with E-state index in [1.807, 2.05) is 5.32 Å². The molecule has 26 heavy (non-hydrogen) atoms. The first-order chi connectivity index (χ1) is 12.3. The average Bonchev–Trinajstić information content (AvgIpc) is 3.27. The number of thiophene rings is 1. The molecule has 2 aliphatic rings. The van der Waals surface area contributed by atoms with Gasteiger partial charge < -0.3 is 16.0 Å². The van der Waals surface area contributed by atoms with Crippen LogP contribution in [-0.4, -0.2) is 41.1 Å². The van der Waals surface area contributed by atoms with Crippen molar-refractivity contribution in [2.24, 2.45) is 0 Å². The summed E-state index contributed by atoms with van der Waals surface area (Å²) >= 11 is 0.969. The molecule has 2 aromatic heterocycles. The van der Waals surface area contributed by atoms with E-state index in [0.29, 0.717) is 16.1 Å². The van der Waals surface area contributed by atoms with Crippen LogP contribution in [0.25, 0.3) is 10.1 Å². The van der Waals surface area contributed by atoms with Gasteiger partial charge in [0.1, 0.15) is 5.69 Å². The van der Waals surface area contributed by atoms with Crippen molar-refractivity contribution in [2.45, 2.75) is 43.6 Å². The fourth-order valence-corrected chi connectivity index (χ4v) is 4.45. The summed E-state index contributed by atoms with van der Waals surface area (Å²) in [4.78, 5) is 27.5. The quantitative estimate of drug-likeness (QED) is 0.759. The third-order valence-corrected chi connectivity index (χ3v) is 5.75. The Kier molecular flexibility index (Phi) is 4.11. The minimum Gasteiger partial charge on any atom is -0.346 e. The number of carbonyl (C=O) groups excluding carboxylic acids is 2. The van der Waals surface area contributed by atoms with Crippen molar-refractivity contribution in [3.63, 3.8) is 0 Å². The molecule has 0 unspecified atom stereocenters. The number of hydrogen-bond donors (Lipinski definition) is 3. The van der Waals surface area contributed by atoms with Crippen molar-refractivity contribution in [2.75, 3.05) is 5.32 Å². The second-order valence-electron chi connectivity index (χ2n) is 6.53. The standard InChI is InChI=1S/C16H15F3N4O2S/c17-16(18,19)15(25)23-13-4-7-3-11(20-6-12(7)26-13)14(24)22-10-5-8-1-2-9(10)21-8/h3-4,6,8-10,21H,1-2,5H2,(H,22,24)(H,23,25)/t8-,9+,10-/m1/s1. The highest BCUT2D eigenvalue weighted by Gasteiger charge is 2.40. The van der Waals surface area contributed by atoms with E-state index < -0.39 is 12.1 Å². The molecule has 0 aliphatic carbocycles. The van der Waals surface area contributed by atoms with E-state index in [-0.39, 0.29) is 28.7 Å². The third kappa shape index (κ3) is 3.26. The van der Waals surface area contributed by atoms with Gasteiger partial charge in [0.05, 0.1) is 9.70 Å². The van der Waals surface area contributed by atoms with Crippen LogP contribution in [0.4, 0.5) is 18.2 Å². The van der Waals surface area contributed by atoms with Gasteiger partial charge in [-0.15, -0.1) is 11.3 Å². The van der Waals surface area contributed by atoms with Gasteiger partial charge in [0, 0.05) is 24.3 Å². The number of pyridine rings is 1. The Morgan fingerprint density at radius 1 is 1.27 bits per heavy atom. The fourth-order valence-electron chi connectivity index (χ4n) is 3.54. The number of amides is 2. The van der Waals surface area contributed by atoms with E-state index in [9.17, 15) is 22.8 Å². The van der Waals surface area contributed by atoms with Crippen LogP contribution in [0.3, 0.4) is 0 Å². The van der Waals surface area contributed by atoms with Gasteiger partial charge in [-0.25, -0.2) is 4.98 Å². The minimum atomic E-state index is -4.95. The van der Waals surface area contributed by atoms with Crippen molar-refractivity contribution in [1.29, 1.82) is 0 Å². The number of nitrogens with one attached hydrogen (secondary N) is 3. The summed E-state index contributed by atoms with van der Waals surface area (Å²) < 4.78 is 37.6. The third-order valence-electron chi connectivity index (χ3n) is 4.75. The molecule has 0 spiro atoms. The molecule has 138 valence electrons. The zero-order valence-electron chi connectivity index (χ0n) is 13.4. The van der Waals surface area contributed by atoms with Crippen molar-refractivity contribution in [3.8, 4) is 0 Å². The van der Waals surface area contributed by atoms with Gasteiger partial charge in [-0.3, -0.25) is 9.59 Å². The topological polar surface area (TPSA) is 83.1 Å². The first-order valence-corrected chi connectivity index (χ1v) is 8.96. The van der Waals surface area contributed by atoms with Gasteiger partial charge >= 0.3 is 12.1 Å². The molecule has 2 aliphatic heterocycles. The van der Waals surface area contributed by atoms with E-state index in [1.165, 1.54) is 18.3 Å². The summed E-state index contributed by atoms with van der Waals surface area (Å²) in [6.07, 6.45) is -0.465. The summed E-state index contributed by atoms with van der Waals surface area (Å²) in [6.45, 7) is 0. The Morgan fingerprint density at radius 3 is 2.73 bits per heavy atom. The maximum absolute atomic E-state index is 12.4. The Bertz CT molecular complexity index is 882. The summed E-state index contributed by atoms with van der Waals surface area (Å²) in [5.41, 5.74) is 0.201. The zero-order chi connectivity index (χ0) is 18.5. The number of fused-ring (bicyclic) bond motifs is 3. The number of aromatic nitrogens is 1. The van der Waals surface area contributed by atoms with Gasteiger partial charge in [0.15, 0.2) is 0 Å². The van der Waals surface area contributed by atoms with E-state index in [4.69, 9.17) is 0 Å². The van der Waals surface area contributed by atoms with Crippen LogP contribution in [0.5, 0.6) is 0 Å². The molecule has 6 nitrogen and oxygen atoms in total. The summed E-state index contributed by atoms with van der Waals surface area (Å²) in [5, 5.41) is 8.83. The monoisotopic (exact) mass is 384 g/mol. The van der Waals surface area contributed by atoms with Crippen molar-refractivity contribution >= 4 is 38.2 Å². The number of carbonyl (C=O) groups is 2. The van der Waals surface area contributed by atoms with Crippen LogP contribution in [-0.2, 0) is 4.79 Å². The number of alkyl halides is 3. The normalized spacial score (nSPS) is 24.8. The number of hydrogen-bond acceptors (Lipinski definition) is 5. The molecule has 4 heterocycles. The smallest absolute Gasteiger partial charge is 0.346 e. The molecule has 2 bridgehead atoms. The maximum Gasteiger partial charge on any atom is 0.471 e. The molecule has 3 atom stereocenters. The van der Waals surface area contributed by atoms with E-state index in [2.05, 4.69) is 15.6 Å². The molecule has 2 aromatic rings. The molecule has 0 radical (unpaired) electrons. The first-order valence-electron chi connectivity index (χ1n) is 8.14. The first kappa shape index (κ1) is 17.2. The SMILES string of the molecule is O=C(N[C@@H]1C[C@H]2CC[C@@H]1N2)c1cc2cc(NC(=O)C(F)(F)F)sc2cn1. The average molecular weight is 384 g/mol. The van der Waals surface area contributed by atoms with Crippen LogP contribution in [0.2, 0.25) is 0 Å². The number of halogens is 3. The van der Waals surface area contributed by atoms with Crippen LogP contribution >= 0.6 is 11.3 Å². The van der Waals surface area contributed by atoms with Crippen LogP contribution in [0, 0.1) is 0 Å². The lowest BCUT2D eigenvalue weighted by Crippen LogP contribution is -2.43. The highest BCUT2D eigenvalue weighted by Crippen LogP contribution is 2.31. The number of anilines is 1. The highest BCUT2D eigenvalue weighted by molar-refractivity contribution is 7.22. The lowest BCUT2D eigenvalue weighted by atomic mass is 9.95. The summed E-state index contributed by atoms with van der Waals surface area (Å²) in [6, 6.07) is 3.74. The van der Waals surface area contributed by atoms with Crippen LogP contribution in [0.1, 0.15) is 29.8 Å². The number of nitrogens with zero attached hydrogens (tertiary/aromatic N) is 1. The molecular formula is C16H15F3N4O2S. The molecule has 0 aromatic carbocycles. The van der Waals surface area contributed by atoms with Gasteiger partial charge in [0.2, 0.25) is 0 Å². The molecule has 2 amide bonds.